The molecule has 22 heavy (non-hydrogen) atoms. The van der Waals surface area contributed by atoms with Crippen molar-refractivity contribution in [1.29, 1.82) is 0 Å². The summed E-state index contributed by atoms with van der Waals surface area (Å²) >= 11 is 0. The SMILES string of the molecule is Cc1c2c(cc3ccccc13)[C@H]1C=c3ccccc3=CC1O2. The Morgan fingerprint density at radius 2 is 1.59 bits per heavy atom. The third kappa shape index (κ3) is 1.54. The number of fused-ring (bicyclic) bond motifs is 5. The summed E-state index contributed by atoms with van der Waals surface area (Å²) in [6.07, 6.45) is 4.75. The molecule has 1 unspecified atom stereocenters. The van der Waals surface area contributed by atoms with E-state index in [4.69, 9.17) is 4.74 Å². The first-order chi connectivity index (χ1) is 10.8. The Labute approximate surface area is 129 Å². The van der Waals surface area contributed by atoms with Gasteiger partial charge in [0.05, 0.1) is 0 Å². The predicted octanol–water partition coefficient (Wildman–Crippen LogP) is 3.27. The van der Waals surface area contributed by atoms with Gasteiger partial charge >= 0.3 is 0 Å². The summed E-state index contributed by atoms with van der Waals surface area (Å²) in [5.41, 5.74) is 2.58. The predicted molar refractivity (Wildman–Crippen MR) is 90.5 cm³/mol. The molecule has 106 valence electrons. The Balaban J connectivity index is 1.80. The number of rotatable bonds is 0. The molecule has 3 aromatic rings. The Morgan fingerprint density at radius 3 is 2.45 bits per heavy atom. The van der Waals surface area contributed by atoms with E-state index in [1.165, 1.54) is 32.3 Å². The van der Waals surface area contributed by atoms with Crippen LogP contribution in [0.25, 0.3) is 22.9 Å². The van der Waals surface area contributed by atoms with Gasteiger partial charge in [-0.05, 0) is 45.8 Å². The van der Waals surface area contributed by atoms with Crippen molar-refractivity contribution in [1.82, 2.24) is 0 Å². The van der Waals surface area contributed by atoms with Crippen LogP contribution in [-0.4, -0.2) is 6.10 Å². The van der Waals surface area contributed by atoms with Gasteiger partial charge in [-0.3, -0.25) is 0 Å². The first kappa shape index (κ1) is 12.0. The number of hydrogen-bond donors (Lipinski definition) is 0. The summed E-state index contributed by atoms with van der Waals surface area (Å²) in [6.45, 7) is 2.17. The Bertz CT molecular complexity index is 1030. The topological polar surface area (TPSA) is 9.23 Å². The molecular weight excluding hydrogens is 268 g/mol. The maximum Gasteiger partial charge on any atom is 0.128 e. The van der Waals surface area contributed by atoms with Crippen LogP contribution in [0, 0.1) is 6.92 Å². The van der Waals surface area contributed by atoms with Crippen LogP contribution in [0.5, 0.6) is 5.75 Å². The summed E-state index contributed by atoms with van der Waals surface area (Å²) < 4.78 is 6.32. The molecule has 2 atom stereocenters. The lowest BCUT2D eigenvalue weighted by Crippen LogP contribution is -2.34. The summed E-state index contributed by atoms with van der Waals surface area (Å²) in [5.74, 6) is 1.40. The van der Waals surface area contributed by atoms with Crippen molar-refractivity contribution in [3.63, 3.8) is 0 Å². The second-order valence-corrected chi connectivity index (χ2v) is 6.21. The zero-order valence-corrected chi connectivity index (χ0v) is 12.4. The molecule has 0 amide bonds. The zero-order chi connectivity index (χ0) is 14.7. The van der Waals surface area contributed by atoms with Crippen molar-refractivity contribution in [2.75, 3.05) is 0 Å². The molecule has 1 heterocycles. The minimum atomic E-state index is 0.125. The van der Waals surface area contributed by atoms with Gasteiger partial charge < -0.3 is 4.74 Å². The van der Waals surface area contributed by atoms with Gasteiger partial charge in [-0.25, -0.2) is 0 Å². The van der Waals surface area contributed by atoms with E-state index in [9.17, 15) is 0 Å². The van der Waals surface area contributed by atoms with E-state index in [1.807, 2.05) is 0 Å². The highest BCUT2D eigenvalue weighted by Gasteiger charge is 2.34. The number of hydrogen-bond acceptors (Lipinski definition) is 1. The molecule has 0 spiro atoms. The molecule has 2 aliphatic rings. The Morgan fingerprint density at radius 1 is 0.864 bits per heavy atom. The van der Waals surface area contributed by atoms with Crippen LogP contribution in [0.4, 0.5) is 0 Å². The molecule has 0 saturated carbocycles. The fourth-order valence-electron chi connectivity index (χ4n) is 3.83. The van der Waals surface area contributed by atoms with E-state index in [0.29, 0.717) is 5.92 Å². The van der Waals surface area contributed by atoms with E-state index < -0.39 is 0 Å². The van der Waals surface area contributed by atoms with Gasteiger partial charge in [0.1, 0.15) is 11.9 Å². The van der Waals surface area contributed by atoms with Gasteiger partial charge in [0, 0.05) is 11.5 Å². The molecule has 0 fully saturated rings. The minimum Gasteiger partial charge on any atom is -0.485 e. The van der Waals surface area contributed by atoms with Crippen LogP contribution < -0.4 is 15.2 Å². The Hall–Kier alpha value is -2.54. The highest BCUT2D eigenvalue weighted by atomic mass is 16.5. The third-order valence-electron chi connectivity index (χ3n) is 4.94. The quantitative estimate of drug-likeness (QED) is 0.615. The van der Waals surface area contributed by atoms with Crippen molar-refractivity contribution in [2.45, 2.75) is 18.9 Å². The second kappa shape index (κ2) is 4.23. The maximum atomic E-state index is 6.32. The molecule has 1 aliphatic carbocycles. The summed E-state index contributed by atoms with van der Waals surface area (Å²) in [4.78, 5) is 0. The third-order valence-corrected chi connectivity index (χ3v) is 4.94. The zero-order valence-electron chi connectivity index (χ0n) is 12.4. The molecule has 0 saturated heterocycles. The lowest BCUT2D eigenvalue weighted by Gasteiger charge is -2.15. The highest BCUT2D eigenvalue weighted by Crippen LogP contribution is 2.45. The summed E-state index contributed by atoms with van der Waals surface area (Å²) in [6, 6.07) is 19.4. The summed E-state index contributed by atoms with van der Waals surface area (Å²) in [5, 5.41) is 5.18. The molecule has 0 aromatic heterocycles. The van der Waals surface area contributed by atoms with Crippen LogP contribution >= 0.6 is 0 Å². The van der Waals surface area contributed by atoms with Crippen molar-refractivity contribution < 1.29 is 4.74 Å². The van der Waals surface area contributed by atoms with Crippen molar-refractivity contribution in [2.24, 2.45) is 0 Å². The standard InChI is InChI=1S/C21H16O/c1-13-17-9-5-4-8-16(17)11-19-18-10-14-6-2-3-7-15(14)12-20(18)22-21(13)19/h2-12,18,20H,1H3/t18-,20?/m1/s1. The lowest BCUT2D eigenvalue weighted by molar-refractivity contribution is 0.286. The van der Waals surface area contributed by atoms with E-state index in [0.717, 1.165) is 5.75 Å². The van der Waals surface area contributed by atoms with Crippen LogP contribution in [0.2, 0.25) is 0 Å². The van der Waals surface area contributed by atoms with Gasteiger partial charge in [-0.15, -0.1) is 0 Å². The van der Waals surface area contributed by atoms with Gasteiger partial charge in [-0.2, -0.15) is 0 Å². The van der Waals surface area contributed by atoms with E-state index >= 15 is 0 Å². The van der Waals surface area contributed by atoms with Crippen LogP contribution in [-0.2, 0) is 0 Å². The van der Waals surface area contributed by atoms with Gasteiger partial charge in [0.25, 0.3) is 0 Å². The van der Waals surface area contributed by atoms with Gasteiger partial charge in [0.2, 0.25) is 0 Å². The monoisotopic (exact) mass is 284 g/mol. The molecule has 1 aliphatic heterocycles. The highest BCUT2D eigenvalue weighted by molar-refractivity contribution is 5.90. The smallest absolute Gasteiger partial charge is 0.128 e. The van der Waals surface area contributed by atoms with Crippen LogP contribution in [0.15, 0.2) is 54.6 Å². The number of aryl methyl sites for hydroxylation is 1. The molecule has 5 rings (SSSR count). The van der Waals surface area contributed by atoms with Gasteiger partial charge in [-0.1, -0.05) is 54.6 Å². The largest absolute Gasteiger partial charge is 0.485 e. The second-order valence-electron chi connectivity index (χ2n) is 6.21. The normalized spacial score (nSPS) is 21.1. The fraction of sp³-hybridized carbons (Fsp3) is 0.143. The molecule has 3 aromatic carbocycles. The van der Waals surface area contributed by atoms with E-state index in [-0.39, 0.29) is 6.10 Å². The summed E-state index contributed by atoms with van der Waals surface area (Å²) in [7, 11) is 0. The minimum absolute atomic E-state index is 0.125. The fourth-order valence-corrected chi connectivity index (χ4v) is 3.83. The van der Waals surface area contributed by atoms with Crippen molar-refractivity contribution in [3.8, 4) is 5.75 Å². The number of benzene rings is 3. The molecular formula is C21H16O. The first-order valence-electron chi connectivity index (χ1n) is 7.79. The number of ether oxygens (including phenoxy) is 1. The molecule has 0 radical (unpaired) electrons. The van der Waals surface area contributed by atoms with Crippen LogP contribution in [0.1, 0.15) is 17.0 Å². The van der Waals surface area contributed by atoms with E-state index in [2.05, 4.69) is 73.7 Å². The molecule has 0 N–H and O–H groups in total. The van der Waals surface area contributed by atoms with E-state index in [1.54, 1.807) is 0 Å². The van der Waals surface area contributed by atoms with Crippen molar-refractivity contribution in [3.05, 3.63) is 76.2 Å². The lowest BCUT2D eigenvalue weighted by atomic mass is 9.88. The first-order valence-corrected chi connectivity index (χ1v) is 7.79. The molecule has 1 heteroatoms. The maximum absolute atomic E-state index is 6.32. The average Bonchev–Trinajstić information content (AvgIpc) is 2.91. The van der Waals surface area contributed by atoms with Crippen molar-refractivity contribution >= 4 is 22.9 Å². The average molecular weight is 284 g/mol. The van der Waals surface area contributed by atoms with Gasteiger partial charge in [0.15, 0.2) is 0 Å². The van der Waals surface area contributed by atoms with Crippen LogP contribution in [0.3, 0.4) is 0 Å². The molecule has 1 nitrogen and oxygen atoms in total. The Kier molecular flexibility index (Phi) is 2.32. The molecule has 0 bridgehead atoms.